The first-order valence-electron chi connectivity index (χ1n) is 7.39. The van der Waals surface area contributed by atoms with Gasteiger partial charge in [-0.1, -0.05) is 45.2 Å². The molecule has 3 nitrogen and oxygen atoms in total. The van der Waals surface area contributed by atoms with Crippen molar-refractivity contribution >= 4 is 11.6 Å². The quantitative estimate of drug-likeness (QED) is 0.784. The number of aryl methyl sites for hydroxylation is 2. The van der Waals surface area contributed by atoms with Crippen LogP contribution >= 0.6 is 11.6 Å². The Hall–Kier alpha value is -0.540. The molecule has 0 amide bonds. The van der Waals surface area contributed by atoms with Gasteiger partial charge in [0.25, 0.3) is 0 Å². The highest BCUT2D eigenvalue weighted by Crippen LogP contribution is 2.20. The molecule has 1 aromatic heterocycles. The van der Waals surface area contributed by atoms with E-state index in [-0.39, 0.29) is 0 Å². The van der Waals surface area contributed by atoms with Crippen LogP contribution in [0.1, 0.15) is 58.3 Å². The van der Waals surface area contributed by atoms with Gasteiger partial charge in [-0.3, -0.25) is 4.68 Å². The van der Waals surface area contributed by atoms with Crippen LogP contribution in [0.4, 0.5) is 0 Å². The molecule has 1 N–H and O–H groups in total. The first-order chi connectivity index (χ1) is 8.95. The molecule has 19 heavy (non-hydrogen) atoms. The monoisotopic (exact) mass is 285 g/mol. The average Bonchev–Trinajstić information content (AvgIpc) is 2.61. The summed E-state index contributed by atoms with van der Waals surface area (Å²) < 4.78 is 1.90. The first-order valence-corrected chi connectivity index (χ1v) is 7.77. The van der Waals surface area contributed by atoms with Gasteiger partial charge in [-0.05, 0) is 25.7 Å². The average molecular weight is 286 g/mol. The van der Waals surface area contributed by atoms with E-state index in [1.54, 1.807) is 0 Å². The maximum Gasteiger partial charge on any atom is 0.0863 e. The van der Waals surface area contributed by atoms with Crippen LogP contribution in [0.25, 0.3) is 0 Å². The van der Waals surface area contributed by atoms with Gasteiger partial charge in [0.2, 0.25) is 0 Å². The van der Waals surface area contributed by atoms with Crippen molar-refractivity contribution in [3.63, 3.8) is 0 Å². The highest BCUT2D eigenvalue weighted by Gasteiger charge is 2.13. The molecule has 0 bridgehead atoms. The molecule has 110 valence electrons. The fraction of sp³-hybridized carbons (Fsp3) is 0.800. The summed E-state index contributed by atoms with van der Waals surface area (Å²) in [7, 11) is 1.96. The van der Waals surface area contributed by atoms with Crippen molar-refractivity contribution in [3.8, 4) is 0 Å². The standard InChI is InChI=1S/C15H28ClN3/c1-6-13-15(16)14(19(5)18-13)10-17-12(4)9-7-8-11(2)3/h11-12,17H,6-10H2,1-5H3. The number of aromatic nitrogens is 2. The van der Waals surface area contributed by atoms with Crippen molar-refractivity contribution in [2.45, 2.75) is 66.0 Å². The fourth-order valence-corrected chi connectivity index (χ4v) is 2.58. The molecular formula is C15H28ClN3. The van der Waals surface area contributed by atoms with E-state index in [2.05, 4.69) is 38.1 Å². The summed E-state index contributed by atoms with van der Waals surface area (Å²) in [5.41, 5.74) is 2.09. The zero-order valence-corrected chi connectivity index (χ0v) is 13.7. The molecule has 0 radical (unpaired) electrons. The Morgan fingerprint density at radius 3 is 2.47 bits per heavy atom. The molecule has 0 aromatic carbocycles. The molecule has 0 aliphatic carbocycles. The largest absolute Gasteiger partial charge is 0.309 e. The minimum Gasteiger partial charge on any atom is -0.309 e. The predicted molar refractivity (Wildman–Crippen MR) is 82.6 cm³/mol. The Morgan fingerprint density at radius 2 is 1.95 bits per heavy atom. The number of hydrogen-bond donors (Lipinski definition) is 1. The SMILES string of the molecule is CCc1nn(C)c(CNC(C)CCCC(C)C)c1Cl. The number of halogens is 1. The summed E-state index contributed by atoms with van der Waals surface area (Å²) in [4.78, 5) is 0. The Kier molecular flexibility index (Phi) is 6.87. The van der Waals surface area contributed by atoms with Gasteiger partial charge in [0.15, 0.2) is 0 Å². The van der Waals surface area contributed by atoms with Crippen molar-refractivity contribution in [1.82, 2.24) is 15.1 Å². The van der Waals surface area contributed by atoms with E-state index in [9.17, 15) is 0 Å². The van der Waals surface area contributed by atoms with Crippen molar-refractivity contribution in [2.24, 2.45) is 13.0 Å². The lowest BCUT2D eigenvalue weighted by atomic mass is 10.0. The second-order valence-electron chi connectivity index (χ2n) is 5.79. The minimum absolute atomic E-state index is 0.523. The molecule has 0 aliphatic heterocycles. The van der Waals surface area contributed by atoms with Crippen LogP contribution < -0.4 is 5.32 Å². The van der Waals surface area contributed by atoms with Crippen LogP contribution in [0, 0.1) is 5.92 Å². The van der Waals surface area contributed by atoms with E-state index in [0.717, 1.165) is 35.3 Å². The lowest BCUT2D eigenvalue weighted by molar-refractivity contribution is 0.451. The molecule has 1 unspecified atom stereocenters. The number of nitrogens with one attached hydrogen (secondary N) is 1. The van der Waals surface area contributed by atoms with Crippen molar-refractivity contribution in [2.75, 3.05) is 0 Å². The molecule has 1 rings (SSSR count). The molecule has 0 saturated carbocycles. The van der Waals surface area contributed by atoms with Crippen LogP contribution in [0.2, 0.25) is 5.02 Å². The van der Waals surface area contributed by atoms with Gasteiger partial charge in [-0.2, -0.15) is 5.10 Å². The lowest BCUT2D eigenvalue weighted by Gasteiger charge is -2.14. The summed E-state index contributed by atoms with van der Waals surface area (Å²) in [5, 5.41) is 8.81. The van der Waals surface area contributed by atoms with Crippen LogP contribution in [0.5, 0.6) is 0 Å². The van der Waals surface area contributed by atoms with Gasteiger partial charge in [0.05, 0.1) is 16.4 Å². The molecule has 0 saturated heterocycles. The molecule has 4 heteroatoms. The van der Waals surface area contributed by atoms with Gasteiger partial charge >= 0.3 is 0 Å². The summed E-state index contributed by atoms with van der Waals surface area (Å²) in [6.07, 6.45) is 4.69. The minimum atomic E-state index is 0.523. The van der Waals surface area contributed by atoms with E-state index < -0.39 is 0 Å². The summed E-state index contributed by atoms with van der Waals surface area (Å²) in [6, 6.07) is 0.523. The fourth-order valence-electron chi connectivity index (χ4n) is 2.22. The van der Waals surface area contributed by atoms with E-state index in [4.69, 9.17) is 11.6 Å². The van der Waals surface area contributed by atoms with Gasteiger partial charge in [0, 0.05) is 19.6 Å². The van der Waals surface area contributed by atoms with E-state index in [1.807, 2.05) is 11.7 Å². The molecule has 0 fully saturated rings. The Morgan fingerprint density at radius 1 is 1.26 bits per heavy atom. The molecule has 1 atom stereocenters. The van der Waals surface area contributed by atoms with Crippen molar-refractivity contribution in [1.29, 1.82) is 0 Å². The van der Waals surface area contributed by atoms with Crippen LogP contribution in [-0.4, -0.2) is 15.8 Å². The predicted octanol–water partition coefficient (Wildman–Crippen LogP) is 3.94. The first kappa shape index (κ1) is 16.5. The second kappa shape index (κ2) is 7.91. The van der Waals surface area contributed by atoms with E-state index >= 15 is 0 Å². The topological polar surface area (TPSA) is 29.9 Å². The number of nitrogens with zero attached hydrogens (tertiary/aromatic N) is 2. The normalized spacial score (nSPS) is 13.2. The van der Waals surface area contributed by atoms with Crippen LogP contribution in [0.3, 0.4) is 0 Å². The lowest BCUT2D eigenvalue weighted by Crippen LogP contribution is -2.26. The van der Waals surface area contributed by atoms with E-state index in [1.165, 1.54) is 19.3 Å². The Balaban J connectivity index is 2.41. The van der Waals surface area contributed by atoms with Gasteiger partial charge < -0.3 is 5.32 Å². The van der Waals surface area contributed by atoms with E-state index in [0.29, 0.717) is 6.04 Å². The molecular weight excluding hydrogens is 258 g/mol. The molecule has 0 aliphatic rings. The summed E-state index contributed by atoms with van der Waals surface area (Å²) >= 11 is 6.34. The van der Waals surface area contributed by atoms with Gasteiger partial charge in [0.1, 0.15) is 0 Å². The summed E-state index contributed by atoms with van der Waals surface area (Å²) in [5.74, 6) is 0.797. The highest BCUT2D eigenvalue weighted by molar-refractivity contribution is 6.31. The van der Waals surface area contributed by atoms with Gasteiger partial charge in [-0.15, -0.1) is 0 Å². The zero-order valence-electron chi connectivity index (χ0n) is 13.0. The van der Waals surface area contributed by atoms with Gasteiger partial charge in [-0.25, -0.2) is 0 Å². The zero-order chi connectivity index (χ0) is 14.4. The van der Waals surface area contributed by atoms with Crippen LogP contribution in [-0.2, 0) is 20.0 Å². The molecule has 1 heterocycles. The maximum atomic E-state index is 6.34. The Labute approximate surface area is 122 Å². The third-order valence-electron chi connectivity index (χ3n) is 3.54. The smallest absolute Gasteiger partial charge is 0.0863 e. The van der Waals surface area contributed by atoms with Crippen molar-refractivity contribution < 1.29 is 0 Å². The maximum absolute atomic E-state index is 6.34. The summed E-state index contributed by atoms with van der Waals surface area (Å²) in [6.45, 7) is 9.68. The Bertz CT molecular complexity index is 385. The number of rotatable bonds is 8. The van der Waals surface area contributed by atoms with Crippen molar-refractivity contribution in [3.05, 3.63) is 16.4 Å². The molecule has 1 aromatic rings. The molecule has 0 spiro atoms. The highest BCUT2D eigenvalue weighted by atomic mass is 35.5. The second-order valence-corrected chi connectivity index (χ2v) is 6.17. The third-order valence-corrected chi connectivity index (χ3v) is 3.98. The number of hydrogen-bond acceptors (Lipinski definition) is 2. The third kappa shape index (κ3) is 5.15. The van der Waals surface area contributed by atoms with Crippen LogP contribution in [0.15, 0.2) is 0 Å².